The van der Waals surface area contributed by atoms with Crippen LogP contribution in [-0.2, 0) is 6.54 Å². The third kappa shape index (κ3) is 2.13. The van der Waals surface area contributed by atoms with Gasteiger partial charge in [0.15, 0.2) is 11.6 Å². The predicted octanol–water partition coefficient (Wildman–Crippen LogP) is 1.57. The first-order valence-corrected chi connectivity index (χ1v) is 4.62. The molecule has 1 aromatic carbocycles. The number of halogens is 2. The first-order chi connectivity index (χ1) is 7.66. The lowest BCUT2D eigenvalue weighted by Crippen LogP contribution is -2.21. The Bertz CT molecular complexity index is 566. The number of aromatic nitrogens is 2. The topological polar surface area (TPSA) is 34.9 Å². The van der Waals surface area contributed by atoms with Gasteiger partial charge >= 0.3 is 5.69 Å². The van der Waals surface area contributed by atoms with E-state index in [1.165, 1.54) is 23.0 Å². The molecule has 0 atom stereocenters. The molecule has 1 aromatic heterocycles. The molecule has 0 saturated heterocycles. The molecule has 0 radical (unpaired) electrons. The standard InChI is InChI=1S/C11H8F2N2O/c12-9-3-2-8(6-10(9)13)7-15-5-1-4-14-11(15)16/h1-6H,7H2. The van der Waals surface area contributed by atoms with E-state index in [4.69, 9.17) is 0 Å². The van der Waals surface area contributed by atoms with Gasteiger partial charge in [0.05, 0.1) is 6.54 Å². The predicted molar refractivity (Wildman–Crippen MR) is 54.0 cm³/mol. The van der Waals surface area contributed by atoms with Crippen LogP contribution in [0.1, 0.15) is 5.56 Å². The first kappa shape index (κ1) is 10.5. The van der Waals surface area contributed by atoms with Crippen molar-refractivity contribution in [2.45, 2.75) is 6.54 Å². The van der Waals surface area contributed by atoms with Crippen LogP contribution in [0.25, 0.3) is 0 Å². The number of rotatable bonds is 2. The van der Waals surface area contributed by atoms with E-state index in [9.17, 15) is 13.6 Å². The smallest absolute Gasteiger partial charge is 0.295 e. The van der Waals surface area contributed by atoms with E-state index in [1.54, 1.807) is 6.07 Å². The van der Waals surface area contributed by atoms with E-state index in [1.807, 2.05) is 0 Å². The monoisotopic (exact) mass is 222 g/mol. The number of hydrogen-bond donors (Lipinski definition) is 0. The molecule has 0 spiro atoms. The van der Waals surface area contributed by atoms with Crippen LogP contribution < -0.4 is 5.69 Å². The molecule has 0 aliphatic carbocycles. The van der Waals surface area contributed by atoms with Gasteiger partial charge in [-0.15, -0.1) is 0 Å². The molecular formula is C11H8F2N2O. The summed E-state index contributed by atoms with van der Waals surface area (Å²) in [5.41, 5.74) is 0.0845. The Morgan fingerprint density at radius 3 is 2.75 bits per heavy atom. The molecular weight excluding hydrogens is 214 g/mol. The molecule has 2 rings (SSSR count). The van der Waals surface area contributed by atoms with Gasteiger partial charge in [-0.3, -0.25) is 4.57 Å². The van der Waals surface area contributed by atoms with Crippen molar-refractivity contribution in [3.05, 3.63) is 64.3 Å². The van der Waals surface area contributed by atoms with Gasteiger partial charge in [0.2, 0.25) is 0 Å². The summed E-state index contributed by atoms with van der Waals surface area (Å²) in [4.78, 5) is 14.8. The van der Waals surface area contributed by atoms with Crippen molar-refractivity contribution in [2.75, 3.05) is 0 Å². The second-order valence-corrected chi connectivity index (χ2v) is 3.28. The van der Waals surface area contributed by atoms with Crippen LogP contribution in [0.5, 0.6) is 0 Å². The third-order valence-corrected chi connectivity index (χ3v) is 2.12. The molecule has 0 fully saturated rings. The van der Waals surface area contributed by atoms with Crippen molar-refractivity contribution in [2.24, 2.45) is 0 Å². The average molecular weight is 222 g/mol. The van der Waals surface area contributed by atoms with Gasteiger partial charge in [0, 0.05) is 12.4 Å². The Hall–Kier alpha value is -2.04. The van der Waals surface area contributed by atoms with Crippen molar-refractivity contribution in [1.29, 1.82) is 0 Å². The second-order valence-electron chi connectivity index (χ2n) is 3.28. The van der Waals surface area contributed by atoms with Crippen molar-refractivity contribution in [1.82, 2.24) is 9.55 Å². The number of benzene rings is 1. The zero-order valence-electron chi connectivity index (χ0n) is 8.23. The Balaban J connectivity index is 2.31. The van der Waals surface area contributed by atoms with Crippen LogP contribution in [0.4, 0.5) is 8.78 Å². The summed E-state index contributed by atoms with van der Waals surface area (Å²) in [7, 11) is 0. The van der Waals surface area contributed by atoms with Gasteiger partial charge < -0.3 is 0 Å². The molecule has 0 aliphatic rings. The van der Waals surface area contributed by atoms with Crippen LogP contribution >= 0.6 is 0 Å². The van der Waals surface area contributed by atoms with Crippen molar-refractivity contribution < 1.29 is 8.78 Å². The highest BCUT2D eigenvalue weighted by atomic mass is 19.2. The molecule has 0 aliphatic heterocycles. The van der Waals surface area contributed by atoms with Crippen LogP contribution in [-0.4, -0.2) is 9.55 Å². The maximum atomic E-state index is 12.9. The van der Waals surface area contributed by atoms with Gasteiger partial charge in [0.1, 0.15) is 0 Å². The van der Waals surface area contributed by atoms with Crippen LogP contribution in [0.2, 0.25) is 0 Å². The third-order valence-electron chi connectivity index (χ3n) is 2.12. The summed E-state index contributed by atoms with van der Waals surface area (Å²) in [6.45, 7) is 0.171. The van der Waals surface area contributed by atoms with E-state index in [-0.39, 0.29) is 6.54 Å². The summed E-state index contributed by atoms with van der Waals surface area (Å²) >= 11 is 0. The highest BCUT2D eigenvalue weighted by Gasteiger charge is 2.03. The molecule has 0 amide bonds. The van der Waals surface area contributed by atoms with Crippen molar-refractivity contribution >= 4 is 0 Å². The van der Waals surface area contributed by atoms with E-state index in [0.717, 1.165) is 12.1 Å². The van der Waals surface area contributed by atoms with Crippen LogP contribution in [0.3, 0.4) is 0 Å². The van der Waals surface area contributed by atoms with Gasteiger partial charge in [0.25, 0.3) is 0 Å². The highest BCUT2D eigenvalue weighted by Crippen LogP contribution is 2.09. The largest absolute Gasteiger partial charge is 0.347 e. The van der Waals surface area contributed by atoms with Gasteiger partial charge in [-0.1, -0.05) is 6.07 Å². The minimum atomic E-state index is -0.922. The average Bonchev–Trinajstić information content (AvgIpc) is 2.27. The summed E-state index contributed by atoms with van der Waals surface area (Å²) in [6.07, 6.45) is 2.92. The molecule has 2 aromatic rings. The Labute approximate surface area is 90.0 Å². The fourth-order valence-electron chi connectivity index (χ4n) is 1.34. The van der Waals surface area contributed by atoms with E-state index in [0.29, 0.717) is 5.56 Å². The van der Waals surface area contributed by atoms with E-state index >= 15 is 0 Å². The molecule has 16 heavy (non-hydrogen) atoms. The lowest BCUT2D eigenvalue weighted by molar-refractivity contribution is 0.506. The molecule has 0 bridgehead atoms. The zero-order valence-corrected chi connectivity index (χ0v) is 8.23. The molecule has 0 unspecified atom stereocenters. The summed E-state index contributed by atoms with van der Waals surface area (Å²) < 4.78 is 26.9. The van der Waals surface area contributed by atoms with E-state index < -0.39 is 17.3 Å². The maximum Gasteiger partial charge on any atom is 0.347 e. The Morgan fingerprint density at radius 1 is 1.25 bits per heavy atom. The molecule has 82 valence electrons. The first-order valence-electron chi connectivity index (χ1n) is 4.62. The number of nitrogens with zero attached hydrogens (tertiary/aromatic N) is 2. The lowest BCUT2D eigenvalue weighted by atomic mass is 10.2. The van der Waals surface area contributed by atoms with Crippen molar-refractivity contribution in [3.63, 3.8) is 0 Å². The van der Waals surface area contributed by atoms with Gasteiger partial charge in [-0.25, -0.2) is 18.6 Å². The summed E-state index contributed by atoms with van der Waals surface area (Å²) in [6, 6.07) is 5.12. The molecule has 3 nitrogen and oxygen atoms in total. The lowest BCUT2D eigenvalue weighted by Gasteiger charge is -2.04. The second kappa shape index (κ2) is 4.22. The minimum absolute atomic E-state index is 0.171. The normalized spacial score (nSPS) is 10.4. The van der Waals surface area contributed by atoms with Crippen molar-refractivity contribution in [3.8, 4) is 0 Å². The quantitative estimate of drug-likeness (QED) is 0.773. The Kier molecular flexibility index (Phi) is 2.76. The molecule has 1 heterocycles. The van der Waals surface area contributed by atoms with Crippen LogP contribution in [0, 0.1) is 11.6 Å². The molecule has 0 saturated carbocycles. The Morgan fingerprint density at radius 2 is 2.06 bits per heavy atom. The SMILES string of the molecule is O=c1ncccn1Cc1ccc(F)c(F)c1. The fourth-order valence-corrected chi connectivity index (χ4v) is 1.34. The van der Waals surface area contributed by atoms with E-state index in [2.05, 4.69) is 4.98 Å². The van der Waals surface area contributed by atoms with Gasteiger partial charge in [-0.2, -0.15) is 0 Å². The molecule has 0 N–H and O–H groups in total. The minimum Gasteiger partial charge on any atom is -0.295 e. The summed E-state index contributed by atoms with van der Waals surface area (Å²) in [5, 5.41) is 0. The van der Waals surface area contributed by atoms with Gasteiger partial charge in [-0.05, 0) is 23.8 Å². The fraction of sp³-hybridized carbons (Fsp3) is 0.0909. The highest BCUT2D eigenvalue weighted by molar-refractivity contribution is 5.18. The zero-order chi connectivity index (χ0) is 11.5. The summed E-state index contributed by atoms with van der Waals surface area (Å²) in [5.74, 6) is -1.82. The molecule has 5 heteroatoms. The number of hydrogen-bond acceptors (Lipinski definition) is 2. The maximum absolute atomic E-state index is 12.9. The van der Waals surface area contributed by atoms with Crippen LogP contribution in [0.15, 0.2) is 41.5 Å².